The lowest BCUT2D eigenvalue weighted by Crippen LogP contribution is -2.44. The maximum absolute atomic E-state index is 13.4. The first-order valence-electron chi connectivity index (χ1n) is 10.9. The fraction of sp³-hybridized carbons (Fsp3) is 0.435. The summed E-state index contributed by atoms with van der Waals surface area (Å²) < 4.78 is 51.7. The van der Waals surface area contributed by atoms with E-state index in [4.69, 9.17) is 21.1 Å². The molecule has 0 unspecified atom stereocenters. The third-order valence-corrected chi connectivity index (χ3v) is 8.19. The molecule has 0 N–H and O–H groups in total. The number of hydrogen-bond donors (Lipinski definition) is 0. The van der Waals surface area contributed by atoms with Crippen LogP contribution in [-0.2, 0) is 21.4 Å². The molecule has 178 valence electrons. The number of fused-ring (bicyclic) bond motifs is 1. The predicted molar refractivity (Wildman–Crippen MR) is 121 cm³/mol. The molecule has 2 aliphatic rings. The molecule has 2 aliphatic heterocycles. The number of carbonyl (C=O) groups is 1. The molecule has 0 bridgehead atoms. The van der Waals surface area contributed by atoms with Gasteiger partial charge < -0.3 is 14.4 Å². The number of halogens is 2. The van der Waals surface area contributed by atoms with Crippen molar-refractivity contribution in [2.45, 2.75) is 31.2 Å². The van der Waals surface area contributed by atoms with E-state index in [0.29, 0.717) is 50.6 Å². The standard InChI is InChI=1S/C23H26ClFN2O5S/c1-2-26(15-16-3-6-21-22(13-16)32-12-11-31-21)23(28)17-7-9-27(10-8-17)33(29,30)18-4-5-20(25)19(24)14-18/h3-6,13-14,17H,2,7-12,15H2,1H3. The lowest BCUT2D eigenvalue weighted by atomic mass is 9.96. The molecule has 2 heterocycles. The summed E-state index contributed by atoms with van der Waals surface area (Å²) in [7, 11) is -3.80. The van der Waals surface area contributed by atoms with Gasteiger partial charge in [-0.1, -0.05) is 17.7 Å². The first kappa shape index (κ1) is 23.8. The van der Waals surface area contributed by atoms with Crippen molar-refractivity contribution in [3.63, 3.8) is 0 Å². The van der Waals surface area contributed by atoms with Crippen molar-refractivity contribution in [1.29, 1.82) is 0 Å². The molecule has 0 atom stereocenters. The number of piperidine rings is 1. The average molecular weight is 497 g/mol. The molecule has 2 aromatic carbocycles. The van der Waals surface area contributed by atoms with Crippen LogP contribution in [0.4, 0.5) is 4.39 Å². The maximum Gasteiger partial charge on any atom is 0.243 e. The van der Waals surface area contributed by atoms with Crippen molar-refractivity contribution >= 4 is 27.5 Å². The molecule has 2 aromatic rings. The van der Waals surface area contributed by atoms with Gasteiger partial charge in [0.1, 0.15) is 19.0 Å². The SMILES string of the molecule is CCN(Cc1ccc2c(c1)OCCO2)C(=O)C1CCN(S(=O)(=O)c2ccc(F)c(Cl)c2)CC1. The summed E-state index contributed by atoms with van der Waals surface area (Å²) in [5.41, 5.74) is 0.947. The van der Waals surface area contributed by atoms with E-state index in [-0.39, 0.29) is 34.8 Å². The molecule has 0 radical (unpaired) electrons. The van der Waals surface area contributed by atoms with Gasteiger partial charge in [0, 0.05) is 32.1 Å². The Labute approximate surface area is 198 Å². The van der Waals surface area contributed by atoms with Crippen LogP contribution in [0.5, 0.6) is 11.5 Å². The Balaban J connectivity index is 1.39. The summed E-state index contributed by atoms with van der Waals surface area (Å²) in [5, 5.41) is -0.237. The predicted octanol–water partition coefficient (Wildman–Crippen LogP) is 3.70. The third-order valence-electron chi connectivity index (χ3n) is 6.01. The number of rotatable bonds is 6. The van der Waals surface area contributed by atoms with Crippen LogP contribution in [0.2, 0.25) is 5.02 Å². The summed E-state index contributed by atoms with van der Waals surface area (Å²) in [5.74, 6) is 0.467. The van der Waals surface area contributed by atoms with E-state index in [1.165, 1.54) is 10.4 Å². The van der Waals surface area contributed by atoms with Crippen molar-refractivity contribution in [3.8, 4) is 11.5 Å². The lowest BCUT2D eigenvalue weighted by Gasteiger charge is -2.33. The molecule has 0 saturated carbocycles. The van der Waals surface area contributed by atoms with Crippen LogP contribution < -0.4 is 9.47 Å². The van der Waals surface area contributed by atoms with Gasteiger partial charge in [0.2, 0.25) is 15.9 Å². The highest BCUT2D eigenvalue weighted by Crippen LogP contribution is 2.32. The molecule has 0 aliphatic carbocycles. The van der Waals surface area contributed by atoms with E-state index in [1.54, 1.807) is 4.90 Å². The van der Waals surface area contributed by atoms with Gasteiger partial charge in [-0.2, -0.15) is 4.31 Å². The molecule has 7 nitrogen and oxygen atoms in total. The highest BCUT2D eigenvalue weighted by Gasteiger charge is 2.34. The van der Waals surface area contributed by atoms with Crippen LogP contribution in [0, 0.1) is 11.7 Å². The molecule has 33 heavy (non-hydrogen) atoms. The Morgan fingerprint density at radius 3 is 2.48 bits per heavy atom. The van der Waals surface area contributed by atoms with Crippen LogP contribution in [0.1, 0.15) is 25.3 Å². The van der Waals surface area contributed by atoms with Crippen LogP contribution in [0.3, 0.4) is 0 Å². The van der Waals surface area contributed by atoms with Gasteiger partial charge in [-0.15, -0.1) is 0 Å². The van der Waals surface area contributed by atoms with E-state index < -0.39 is 15.8 Å². The van der Waals surface area contributed by atoms with Gasteiger partial charge in [-0.25, -0.2) is 12.8 Å². The summed E-state index contributed by atoms with van der Waals surface area (Å²) in [6.45, 7) is 4.36. The van der Waals surface area contributed by atoms with Crippen molar-refractivity contribution in [2.75, 3.05) is 32.8 Å². The minimum atomic E-state index is -3.80. The topological polar surface area (TPSA) is 76.2 Å². The number of hydrogen-bond acceptors (Lipinski definition) is 5. The van der Waals surface area contributed by atoms with E-state index in [1.807, 2.05) is 25.1 Å². The quantitative estimate of drug-likeness (QED) is 0.609. The van der Waals surface area contributed by atoms with Gasteiger partial charge in [0.15, 0.2) is 11.5 Å². The Hall–Kier alpha value is -2.36. The first-order valence-corrected chi connectivity index (χ1v) is 12.7. The minimum absolute atomic E-state index is 0.00858. The van der Waals surface area contributed by atoms with Gasteiger partial charge >= 0.3 is 0 Å². The third kappa shape index (κ3) is 5.10. The number of carbonyl (C=O) groups excluding carboxylic acids is 1. The summed E-state index contributed by atoms with van der Waals surface area (Å²) in [4.78, 5) is 14.9. The summed E-state index contributed by atoms with van der Waals surface area (Å²) >= 11 is 5.76. The largest absolute Gasteiger partial charge is 0.486 e. The first-order chi connectivity index (χ1) is 15.8. The monoisotopic (exact) mass is 496 g/mol. The second kappa shape index (κ2) is 9.87. The zero-order valence-electron chi connectivity index (χ0n) is 18.3. The van der Waals surface area contributed by atoms with Crippen LogP contribution in [-0.4, -0.2) is 56.4 Å². The second-order valence-corrected chi connectivity index (χ2v) is 10.4. The normalized spacial score (nSPS) is 17.1. The average Bonchev–Trinajstić information content (AvgIpc) is 2.83. The highest BCUT2D eigenvalue weighted by atomic mass is 35.5. The Morgan fingerprint density at radius 1 is 1.12 bits per heavy atom. The van der Waals surface area contributed by atoms with E-state index in [2.05, 4.69) is 0 Å². The summed E-state index contributed by atoms with van der Waals surface area (Å²) in [6, 6.07) is 9.05. The fourth-order valence-electron chi connectivity index (χ4n) is 4.14. The van der Waals surface area contributed by atoms with E-state index >= 15 is 0 Å². The number of benzene rings is 2. The van der Waals surface area contributed by atoms with Crippen molar-refractivity contribution < 1.29 is 27.1 Å². The van der Waals surface area contributed by atoms with Crippen LogP contribution in [0.25, 0.3) is 0 Å². The molecule has 10 heteroatoms. The van der Waals surface area contributed by atoms with Crippen molar-refractivity contribution in [3.05, 3.63) is 52.8 Å². The Bertz CT molecular complexity index is 1140. The van der Waals surface area contributed by atoms with E-state index in [0.717, 1.165) is 17.7 Å². The molecule has 4 rings (SSSR count). The van der Waals surface area contributed by atoms with Gasteiger partial charge in [0.05, 0.1) is 9.92 Å². The van der Waals surface area contributed by atoms with Crippen LogP contribution in [0.15, 0.2) is 41.3 Å². The molecule has 0 spiro atoms. The summed E-state index contributed by atoms with van der Waals surface area (Å²) in [6.07, 6.45) is 0.843. The van der Waals surface area contributed by atoms with Crippen LogP contribution >= 0.6 is 11.6 Å². The Morgan fingerprint density at radius 2 is 1.82 bits per heavy atom. The zero-order valence-corrected chi connectivity index (χ0v) is 19.9. The number of amides is 1. The molecule has 1 saturated heterocycles. The van der Waals surface area contributed by atoms with Gasteiger partial charge in [0.25, 0.3) is 0 Å². The van der Waals surface area contributed by atoms with Gasteiger partial charge in [-0.3, -0.25) is 4.79 Å². The molecular weight excluding hydrogens is 471 g/mol. The minimum Gasteiger partial charge on any atom is -0.486 e. The van der Waals surface area contributed by atoms with Crippen molar-refractivity contribution in [1.82, 2.24) is 9.21 Å². The number of sulfonamides is 1. The highest BCUT2D eigenvalue weighted by molar-refractivity contribution is 7.89. The fourth-order valence-corrected chi connectivity index (χ4v) is 5.88. The van der Waals surface area contributed by atoms with Crippen molar-refractivity contribution in [2.24, 2.45) is 5.92 Å². The van der Waals surface area contributed by atoms with Gasteiger partial charge in [-0.05, 0) is 55.7 Å². The number of nitrogens with zero attached hydrogens (tertiary/aromatic N) is 2. The molecule has 1 fully saturated rings. The Kier molecular flexibility index (Phi) is 7.11. The second-order valence-electron chi connectivity index (χ2n) is 8.08. The molecule has 0 aromatic heterocycles. The van der Waals surface area contributed by atoms with E-state index in [9.17, 15) is 17.6 Å². The lowest BCUT2D eigenvalue weighted by molar-refractivity contribution is -0.137. The smallest absolute Gasteiger partial charge is 0.243 e. The molecule has 1 amide bonds. The zero-order chi connectivity index (χ0) is 23.6. The maximum atomic E-state index is 13.4. The molecular formula is C23H26ClFN2O5S. The number of ether oxygens (including phenoxy) is 2.